The lowest BCUT2D eigenvalue weighted by Crippen LogP contribution is -2.58. The lowest BCUT2D eigenvalue weighted by molar-refractivity contribution is -0.183. The Bertz CT molecular complexity index is 489. The molecule has 0 heterocycles. The van der Waals surface area contributed by atoms with Crippen molar-refractivity contribution in [2.45, 2.75) is 89.9 Å². The van der Waals surface area contributed by atoms with Crippen molar-refractivity contribution in [1.82, 2.24) is 0 Å². The number of hydrogen-bond acceptors (Lipinski definition) is 3. The van der Waals surface area contributed by atoms with Crippen LogP contribution in [-0.4, -0.2) is 33.1 Å². The molecule has 0 unspecified atom stereocenters. The molecule has 3 aliphatic rings. The topological polar surface area (TPSA) is 60.7 Å². The van der Waals surface area contributed by atoms with E-state index in [2.05, 4.69) is 20.4 Å². The van der Waals surface area contributed by atoms with Gasteiger partial charge in [0.25, 0.3) is 0 Å². The van der Waals surface area contributed by atoms with Gasteiger partial charge in [-0.3, -0.25) is 0 Å². The molecule has 3 nitrogen and oxygen atoms in total. The van der Waals surface area contributed by atoms with E-state index in [0.717, 1.165) is 56.9 Å². The summed E-state index contributed by atoms with van der Waals surface area (Å²) in [5.41, 5.74) is 0.357. The summed E-state index contributed by atoms with van der Waals surface area (Å²) in [7, 11) is 0. The van der Waals surface area contributed by atoms with Crippen molar-refractivity contribution in [3.8, 4) is 0 Å². The van der Waals surface area contributed by atoms with E-state index in [1.54, 1.807) is 0 Å². The normalized spacial score (nSPS) is 50.4. The van der Waals surface area contributed by atoms with E-state index in [1.807, 2.05) is 6.92 Å². The second-order valence-corrected chi connectivity index (χ2v) is 9.50. The molecule has 0 aromatic carbocycles. The molecular weight excluding hydrogens is 288 g/mol. The second kappa shape index (κ2) is 5.57. The van der Waals surface area contributed by atoms with E-state index in [4.69, 9.17) is 0 Å². The number of aliphatic hydroxyl groups is 3. The first-order chi connectivity index (χ1) is 10.6. The standard InChI is InChI=1S/C20H34O3/c1-13(2)16(21)6-9-18(3)11-15-14(18)5-8-19(4)12-20(15,23)10-7-17(19)22/h14-17,21-23H,1,5-12H2,2-4H3/t14-,15+,16+,17-,18-,19-,20+/m1/s1. The highest BCUT2D eigenvalue weighted by molar-refractivity contribution is 5.13. The van der Waals surface area contributed by atoms with Gasteiger partial charge >= 0.3 is 0 Å². The van der Waals surface area contributed by atoms with Crippen LogP contribution in [0.3, 0.4) is 0 Å². The average Bonchev–Trinajstić information content (AvgIpc) is 2.53. The molecule has 0 radical (unpaired) electrons. The van der Waals surface area contributed by atoms with Crippen molar-refractivity contribution in [2.75, 3.05) is 0 Å². The Morgan fingerprint density at radius 1 is 1.22 bits per heavy atom. The van der Waals surface area contributed by atoms with Crippen molar-refractivity contribution < 1.29 is 15.3 Å². The summed E-state index contributed by atoms with van der Waals surface area (Å²) in [5.74, 6) is 0.903. The molecule has 0 aromatic heterocycles. The van der Waals surface area contributed by atoms with Gasteiger partial charge in [0, 0.05) is 0 Å². The summed E-state index contributed by atoms with van der Waals surface area (Å²) < 4.78 is 0. The third kappa shape index (κ3) is 2.79. The van der Waals surface area contributed by atoms with Gasteiger partial charge in [-0.25, -0.2) is 0 Å². The van der Waals surface area contributed by atoms with Gasteiger partial charge in [-0.05, 0) is 81.0 Å². The highest BCUT2D eigenvalue weighted by Gasteiger charge is 2.62. The zero-order valence-corrected chi connectivity index (χ0v) is 15.0. The SMILES string of the molecule is C=C(C)[C@@H](O)CC[C@]1(C)C[C@H]2[C@H]1CC[C@]1(C)C[C@@]2(O)CC[C@H]1O. The van der Waals surface area contributed by atoms with Crippen molar-refractivity contribution in [1.29, 1.82) is 0 Å². The fourth-order valence-electron chi connectivity index (χ4n) is 5.93. The number of fused-ring (bicyclic) bond motifs is 4. The van der Waals surface area contributed by atoms with E-state index in [-0.39, 0.29) is 16.9 Å². The van der Waals surface area contributed by atoms with Gasteiger partial charge < -0.3 is 15.3 Å². The Labute approximate surface area is 140 Å². The first-order valence-electron chi connectivity index (χ1n) is 9.34. The molecule has 0 saturated heterocycles. The summed E-state index contributed by atoms with van der Waals surface area (Å²) in [6.45, 7) is 10.2. The summed E-state index contributed by atoms with van der Waals surface area (Å²) in [6, 6.07) is 0. The number of hydrogen-bond donors (Lipinski definition) is 3. The Morgan fingerprint density at radius 3 is 2.57 bits per heavy atom. The van der Waals surface area contributed by atoms with Crippen LogP contribution in [0.5, 0.6) is 0 Å². The molecule has 3 saturated carbocycles. The fraction of sp³-hybridized carbons (Fsp3) is 0.900. The van der Waals surface area contributed by atoms with E-state index in [1.165, 1.54) is 0 Å². The fourth-order valence-corrected chi connectivity index (χ4v) is 5.93. The van der Waals surface area contributed by atoms with Gasteiger partial charge in [0.2, 0.25) is 0 Å². The highest BCUT2D eigenvalue weighted by Crippen LogP contribution is 2.66. The quantitative estimate of drug-likeness (QED) is 0.695. The summed E-state index contributed by atoms with van der Waals surface area (Å²) >= 11 is 0. The molecule has 7 atom stereocenters. The van der Waals surface area contributed by atoms with Gasteiger partial charge in [0.05, 0.1) is 17.8 Å². The molecule has 2 bridgehead atoms. The number of aliphatic hydroxyl groups excluding tert-OH is 2. The molecular formula is C20H34O3. The minimum Gasteiger partial charge on any atom is -0.393 e. The summed E-state index contributed by atoms with van der Waals surface area (Å²) in [5, 5.41) is 31.8. The molecule has 23 heavy (non-hydrogen) atoms. The average molecular weight is 322 g/mol. The van der Waals surface area contributed by atoms with Crippen LogP contribution in [0.4, 0.5) is 0 Å². The van der Waals surface area contributed by atoms with E-state index in [0.29, 0.717) is 11.8 Å². The monoisotopic (exact) mass is 322 g/mol. The molecule has 0 amide bonds. The van der Waals surface area contributed by atoms with Crippen molar-refractivity contribution >= 4 is 0 Å². The van der Waals surface area contributed by atoms with Crippen LogP contribution in [0.2, 0.25) is 0 Å². The third-order valence-corrected chi connectivity index (χ3v) is 7.71. The van der Waals surface area contributed by atoms with Crippen molar-refractivity contribution in [2.24, 2.45) is 22.7 Å². The van der Waals surface area contributed by atoms with E-state index < -0.39 is 11.7 Å². The zero-order valence-electron chi connectivity index (χ0n) is 15.0. The third-order valence-electron chi connectivity index (χ3n) is 7.71. The van der Waals surface area contributed by atoms with Crippen LogP contribution >= 0.6 is 0 Å². The minimum absolute atomic E-state index is 0.123. The second-order valence-electron chi connectivity index (χ2n) is 9.50. The van der Waals surface area contributed by atoms with Crippen LogP contribution in [0.1, 0.15) is 72.1 Å². The van der Waals surface area contributed by atoms with Crippen molar-refractivity contribution in [3.05, 3.63) is 12.2 Å². The molecule has 3 rings (SSSR count). The first kappa shape index (κ1) is 17.4. The molecule has 0 spiro atoms. The largest absolute Gasteiger partial charge is 0.393 e. The van der Waals surface area contributed by atoms with Gasteiger partial charge in [0.1, 0.15) is 0 Å². The van der Waals surface area contributed by atoms with Gasteiger partial charge in [0.15, 0.2) is 0 Å². The maximum atomic E-state index is 11.3. The molecule has 132 valence electrons. The predicted molar refractivity (Wildman–Crippen MR) is 91.9 cm³/mol. The lowest BCUT2D eigenvalue weighted by atomic mass is 9.47. The molecule has 3 aliphatic carbocycles. The summed E-state index contributed by atoms with van der Waals surface area (Å²) in [6.07, 6.45) is 6.50. The predicted octanol–water partition coefficient (Wildman–Crippen LogP) is 3.42. The number of rotatable bonds is 4. The van der Waals surface area contributed by atoms with Crippen LogP contribution in [-0.2, 0) is 0 Å². The van der Waals surface area contributed by atoms with Gasteiger partial charge in [-0.1, -0.05) is 26.0 Å². The van der Waals surface area contributed by atoms with Crippen molar-refractivity contribution in [3.63, 3.8) is 0 Å². The van der Waals surface area contributed by atoms with Crippen LogP contribution in [0.25, 0.3) is 0 Å². The molecule has 3 heteroatoms. The highest BCUT2D eigenvalue weighted by atomic mass is 16.3. The maximum absolute atomic E-state index is 11.3. The van der Waals surface area contributed by atoms with E-state index in [9.17, 15) is 15.3 Å². The molecule has 3 N–H and O–H groups in total. The van der Waals surface area contributed by atoms with Gasteiger partial charge in [-0.2, -0.15) is 0 Å². The Morgan fingerprint density at radius 2 is 1.91 bits per heavy atom. The Kier molecular flexibility index (Phi) is 4.23. The van der Waals surface area contributed by atoms with Crippen LogP contribution in [0, 0.1) is 22.7 Å². The maximum Gasteiger partial charge on any atom is 0.0745 e. The molecule has 3 fully saturated rings. The zero-order chi connectivity index (χ0) is 17.0. The minimum atomic E-state index is -0.582. The first-order valence-corrected chi connectivity index (χ1v) is 9.34. The van der Waals surface area contributed by atoms with E-state index >= 15 is 0 Å². The molecule has 0 aliphatic heterocycles. The van der Waals surface area contributed by atoms with Crippen LogP contribution < -0.4 is 0 Å². The molecule has 0 aromatic rings. The Balaban J connectivity index is 1.73. The summed E-state index contributed by atoms with van der Waals surface area (Å²) in [4.78, 5) is 0. The Hall–Kier alpha value is -0.380. The van der Waals surface area contributed by atoms with Crippen LogP contribution in [0.15, 0.2) is 12.2 Å². The smallest absolute Gasteiger partial charge is 0.0745 e. The van der Waals surface area contributed by atoms with Gasteiger partial charge in [-0.15, -0.1) is 0 Å². The lowest BCUT2D eigenvalue weighted by Gasteiger charge is -2.59.